The van der Waals surface area contributed by atoms with Gasteiger partial charge >= 0.3 is 0 Å². The molecule has 16 heteroatoms. The smallest absolute Gasteiger partial charge is 0.259 e. The molecule has 5 aromatic rings. The van der Waals surface area contributed by atoms with Crippen molar-refractivity contribution in [3.63, 3.8) is 0 Å². The van der Waals surface area contributed by atoms with Crippen LogP contribution in [-0.4, -0.2) is 62.2 Å². The molecule has 0 spiro atoms. The molecule has 0 saturated carbocycles. The van der Waals surface area contributed by atoms with Crippen LogP contribution in [0, 0.1) is 34.6 Å². The molecule has 1 aliphatic heterocycles. The Balaban J connectivity index is 0.984. The van der Waals surface area contributed by atoms with Gasteiger partial charge in [-0.1, -0.05) is 35.9 Å². The number of hydrogen-bond acceptors (Lipinski definition) is 10. The number of fused-ring (bicyclic) bond motifs is 3. The van der Waals surface area contributed by atoms with Crippen LogP contribution in [0.2, 0.25) is 5.02 Å². The highest BCUT2D eigenvalue weighted by molar-refractivity contribution is 7.16. The predicted octanol–water partition coefficient (Wildman–Crippen LogP) is 6.56. The molecule has 0 fully saturated rings. The van der Waals surface area contributed by atoms with Crippen molar-refractivity contribution in [3.05, 3.63) is 103 Å². The van der Waals surface area contributed by atoms with E-state index in [1.165, 1.54) is 11.3 Å². The number of carbonyl (C=O) groups is 4. The summed E-state index contributed by atoms with van der Waals surface area (Å²) in [7, 11) is 0. The summed E-state index contributed by atoms with van der Waals surface area (Å²) in [5, 5.41) is 22.1. The first-order valence-electron chi connectivity index (χ1n) is 17.4. The Kier molecular flexibility index (Phi) is 12.0. The predicted molar refractivity (Wildman–Crippen MR) is 212 cm³/mol. The lowest BCUT2D eigenvalue weighted by molar-refractivity contribution is -0.123. The van der Waals surface area contributed by atoms with Gasteiger partial charge in [0.05, 0.1) is 29.1 Å². The van der Waals surface area contributed by atoms with Crippen molar-refractivity contribution < 1.29 is 19.2 Å². The summed E-state index contributed by atoms with van der Waals surface area (Å²) in [5.41, 5.74) is 5.26. The normalized spacial score (nSPS) is 13.3. The third-order valence-corrected chi connectivity index (χ3v) is 11.4. The second kappa shape index (κ2) is 16.8. The number of anilines is 2. The minimum absolute atomic E-state index is 0.0281. The van der Waals surface area contributed by atoms with E-state index in [0.29, 0.717) is 39.5 Å². The van der Waals surface area contributed by atoms with Gasteiger partial charge in [-0.3, -0.25) is 34.1 Å². The summed E-state index contributed by atoms with van der Waals surface area (Å²) in [4.78, 5) is 63.0. The van der Waals surface area contributed by atoms with Gasteiger partial charge in [-0.2, -0.15) is 0 Å². The van der Waals surface area contributed by atoms with Crippen molar-refractivity contribution in [2.45, 2.75) is 66.3 Å². The fourth-order valence-corrected chi connectivity index (χ4v) is 8.13. The molecule has 0 radical (unpaired) electrons. The molecule has 1 unspecified atom stereocenters. The molecule has 0 saturated heterocycles. The number of aliphatic imine (C=N–C) groups is 1. The van der Waals surface area contributed by atoms with E-state index < -0.39 is 6.04 Å². The number of hydrogen-bond donors (Lipinski definition) is 4. The number of aromatic nitrogens is 4. The lowest BCUT2D eigenvalue weighted by atomic mass is 9.99. The first kappa shape index (κ1) is 38.5. The fraction of sp³-hybridized carbons (Fsp3) is 0.316. The van der Waals surface area contributed by atoms with Crippen LogP contribution < -0.4 is 21.3 Å². The van der Waals surface area contributed by atoms with Crippen molar-refractivity contribution in [2.24, 2.45) is 4.99 Å². The van der Waals surface area contributed by atoms with E-state index in [1.807, 2.05) is 49.6 Å². The standard InChI is InChI=1S/C38H40ClN9O4S2/c1-20-22(3)53-37-33(20)34(25-13-15-26(39)16-14-25)44-29(35-47-46-24(5)48(35)37)19-32(51)41-18-17-40-30(49)11-8-12-31(50)43-28-10-7-6-9-27(28)36(52)45-38-42-21(2)23(4)54-38/h6-7,9-10,13-16,29H,8,11-12,17-19H2,1-5H3,(H,40,49)(H,41,51)(H,43,50)(H,42,45,52). The van der Waals surface area contributed by atoms with E-state index in [4.69, 9.17) is 16.6 Å². The summed E-state index contributed by atoms with van der Waals surface area (Å²) in [6.45, 7) is 10.3. The zero-order chi connectivity index (χ0) is 38.5. The Hall–Kier alpha value is -5.25. The third kappa shape index (κ3) is 8.75. The maximum absolute atomic E-state index is 13.2. The molecule has 0 bridgehead atoms. The number of nitrogens with zero attached hydrogens (tertiary/aromatic N) is 5. The molecule has 13 nitrogen and oxygen atoms in total. The molecule has 1 atom stereocenters. The summed E-state index contributed by atoms with van der Waals surface area (Å²) in [6.07, 6.45) is 0.534. The molecule has 1 aliphatic rings. The number of aryl methyl sites for hydroxylation is 4. The molecule has 4 heterocycles. The van der Waals surface area contributed by atoms with Crippen LogP contribution in [0.1, 0.15) is 85.9 Å². The van der Waals surface area contributed by atoms with Crippen LogP contribution in [0.3, 0.4) is 0 Å². The van der Waals surface area contributed by atoms with E-state index in [0.717, 1.165) is 42.9 Å². The molecular weight excluding hydrogens is 746 g/mol. The highest BCUT2D eigenvalue weighted by Crippen LogP contribution is 2.39. The Bertz CT molecular complexity index is 2240. The fourth-order valence-electron chi connectivity index (χ4n) is 5.98. The number of halogens is 1. The largest absolute Gasteiger partial charge is 0.354 e. The first-order chi connectivity index (χ1) is 25.9. The zero-order valence-electron chi connectivity index (χ0n) is 30.5. The highest BCUT2D eigenvalue weighted by atomic mass is 35.5. The third-order valence-electron chi connectivity index (χ3n) is 9.01. The molecule has 3 aromatic heterocycles. The summed E-state index contributed by atoms with van der Waals surface area (Å²) < 4.78 is 1.99. The van der Waals surface area contributed by atoms with Crippen LogP contribution in [0.15, 0.2) is 53.5 Å². The number of thiophene rings is 1. The number of benzene rings is 2. The maximum Gasteiger partial charge on any atom is 0.259 e. The zero-order valence-corrected chi connectivity index (χ0v) is 32.9. The maximum atomic E-state index is 13.2. The lowest BCUT2D eigenvalue weighted by Crippen LogP contribution is -2.35. The van der Waals surface area contributed by atoms with Crippen LogP contribution in [-0.2, 0) is 14.4 Å². The van der Waals surface area contributed by atoms with Crippen molar-refractivity contribution in [1.82, 2.24) is 30.4 Å². The van der Waals surface area contributed by atoms with E-state index in [2.05, 4.69) is 50.3 Å². The summed E-state index contributed by atoms with van der Waals surface area (Å²) >= 11 is 9.23. The topological polar surface area (TPSA) is 172 Å². The quantitative estimate of drug-likeness (QED) is 0.0980. The SMILES string of the molecule is Cc1nc(NC(=O)c2ccccc2NC(=O)CCCC(=O)NCCNC(=O)CC2N=C(c3ccc(Cl)cc3)c3c(sc(C)c3C)-n3c(C)nnc32)sc1C. The number of para-hydroxylation sites is 1. The first-order valence-corrected chi connectivity index (χ1v) is 19.4. The van der Waals surface area contributed by atoms with Gasteiger partial charge in [-0.05, 0) is 70.9 Å². The molecule has 4 N–H and O–H groups in total. The van der Waals surface area contributed by atoms with Crippen LogP contribution in [0.4, 0.5) is 10.8 Å². The van der Waals surface area contributed by atoms with E-state index in [9.17, 15) is 19.2 Å². The minimum Gasteiger partial charge on any atom is -0.354 e. The van der Waals surface area contributed by atoms with Gasteiger partial charge in [0.15, 0.2) is 11.0 Å². The van der Waals surface area contributed by atoms with E-state index in [1.54, 1.807) is 35.6 Å². The molecule has 54 heavy (non-hydrogen) atoms. The molecule has 6 rings (SSSR count). The van der Waals surface area contributed by atoms with Gasteiger partial charge in [0.2, 0.25) is 17.7 Å². The summed E-state index contributed by atoms with van der Waals surface area (Å²) in [6, 6.07) is 13.6. The Morgan fingerprint density at radius 3 is 2.24 bits per heavy atom. The van der Waals surface area contributed by atoms with Crippen molar-refractivity contribution >= 4 is 74.4 Å². The van der Waals surface area contributed by atoms with Gasteiger partial charge in [0, 0.05) is 51.8 Å². The Morgan fingerprint density at radius 1 is 0.815 bits per heavy atom. The second-order valence-corrected chi connectivity index (χ2v) is 15.7. The van der Waals surface area contributed by atoms with E-state index in [-0.39, 0.29) is 56.0 Å². The lowest BCUT2D eigenvalue weighted by Gasteiger charge is -2.13. The van der Waals surface area contributed by atoms with Gasteiger partial charge in [0.25, 0.3) is 5.91 Å². The second-order valence-electron chi connectivity index (χ2n) is 12.9. The van der Waals surface area contributed by atoms with Crippen LogP contribution >= 0.6 is 34.3 Å². The Labute approximate surface area is 325 Å². The van der Waals surface area contributed by atoms with Gasteiger partial charge < -0.3 is 16.0 Å². The van der Waals surface area contributed by atoms with Crippen molar-refractivity contribution in [3.8, 4) is 5.00 Å². The molecular formula is C38H40ClN9O4S2. The molecule has 4 amide bonds. The highest BCUT2D eigenvalue weighted by Gasteiger charge is 2.32. The van der Waals surface area contributed by atoms with Crippen LogP contribution in [0.5, 0.6) is 0 Å². The molecule has 0 aliphatic carbocycles. The number of nitrogens with one attached hydrogen (secondary N) is 4. The van der Waals surface area contributed by atoms with Gasteiger partial charge in [0.1, 0.15) is 16.9 Å². The average Bonchev–Trinajstić information content (AvgIpc) is 3.74. The number of carbonyl (C=O) groups excluding carboxylic acids is 4. The Morgan fingerprint density at radius 2 is 1.52 bits per heavy atom. The van der Waals surface area contributed by atoms with Crippen molar-refractivity contribution in [1.29, 1.82) is 0 Å². The molecule has 280 valence electrons. The van der Waals surface area contributed by atoms with E-state index >= 15 is 0 Å². The number of amides is 4. The van der Waals surface area contributed by atoms with Crippen molar-refractivity contribution in [2.75, 3.05) is 23.7 Å². The average molecular weight is 786 g/mol. The van der Waals surface area contributed by atoms with Gasteiger partial charge in [-0.25, -0.2) is 4.98 Å². The van der Waals surface area contributed by atoms with Gasteiger partial charge in [-0.15, -0.1) is 32.9 Å². The monoisotopic (exact) mass is 785 g/mol. The van der Waals surface area contributed by atoms with Crippen LogP contribution in [0.25, 0.3) is 5.00 Å². The number of rotatable bonds is 13. The minimum atomic E-state index is -0.607. The molecule has 2 aromatic carbocycles. The summed E-state index contributed by atoms with van der Waals surface area (Å²) in [5.74, 6) is 0.0994. The number of thiazole rings is 1.